The van der Waals surface area contributed by atoms with E-state index in [9.17, 15) is 4.39 Å². The van der Waals surface area contributed by atoms with Gasteiger partial charge in [0.05, 0.1) is 13.2 Å². The fourth-order valence-electron chi connectivity index (χ4n) is 3.21. The molecule has 0 heterocycles. The third-order valence-corrected chi connectivity index (χ3v) is 4.98. The molecule has 5 heteroatoms. The van der Waals surface area contributed by atoms with Gasteiger partial charge in [-0.05, 0) is 48.6 Å². The second-order valence-corrected chi connectivity index (χ2v) is 7.09. The zero-order chi connectivity index (χ0) is 19.1. The Morgan fingerprint density at radius 1 is 1.11 bits per heavy atom. The van der Waals surface area contributed by atoms with Crippen LogP contribution in [0.2, 0.25) is 0 Å². The van der Waals surface area contributed by atoms with E-state index in [1.165, 1.54) is 6.07 Å². The summed E-state index contributed by atoms with van der Waals surface area (Å²) in [5, 5.41) is 6.73. The minimum Gasteiger partial charge on any atom is -0.380 e. The Morgan fingerprint density at radius 3 is 2.48 bits per heavy atom. The summed E-state index contributed by atoms with van der Waals surface area (Å²) in [6, 6.07) is 15.3. The van der Waals surface area contributed by atoms with Gasteiger partial charge in [0.25, 0.3) is 0 Å². The maximum atomic E-state index is 13.6. The summed E-state index contributed by atoms with van der Waals surface area (Å²) in [6.45, 7) is 4.84. The summed E-state index contributed by atoms with van der Waals surface area (Å²) in [6.07, 6.45) is 2.15. The number of guanidine groups is 1. The maximum absolute atomic E-state index is 13.6. The average molecular weight is 369 g/mol. The fraction of sp³-hybridized carbons (Fsp3) is 0.409. The molecule has 2 N–H and O–H groups in total. The number of methoxy groups -OCH3 is 1. The highest BCUT2D eigenvalue weighted by atomic mass is 19.1. The molecule has 2 aromatic carbocycles. The minimum atomic E-state index is -0.170. The fourth-order valence-corrected chi connectivity index (χ4v) is 3.21. The molecule has 1 aliphatic carbocycles. The van der Waals surface area contributed by atoms with E-state index in [1.807, 2.05) is 6.07 Å². The van der Waals surface area contributed by atoms with E-state index in [1.54, 1.807) is 19.2 Å². The molecule has 27 heavy (non-hydrogen) atoms. The van der Waals surface area contributed by atoms with Gasteiger partial charge >= 0.3 is 0 Å². The third-order valence-electron chi connectivity index (χ3n) is 4.98. The summed E-state index contributed by atoms with van der Waals surface area (Å²) >= 11 is 0. The average Bonchev–Trinajstić information content (AvgIpc) is 3.47. The van der Waals surface area contributed by atoms with Crippen LogP contribution < -0.4 is 10.6 Å². The van der Waals surface area contributed by atoms with E-state index >= 15 is 0 Å². The van der Waals surface area contributed by atoms with E-state index in [-0.39, 0.29) is 11.2 Å². The first-order valence-corrected chi connectivity index (χ1v) is 9.50. The lowest BCUT2D eigenvalue weighted by molar-refractivity contribution is 0.185. The van der Waals surface area contributed by atoms with Crippen LogP contribution in [-0.4, -0.2) is 26.2 Å². The van der Waals surface area contributed by atoms with Crippen molar-refractivity contribution < 1.29 is 9.13 Å². The number of rotatable bonds is 8. The number of hydrogen-bond donors (Lipinski definition) is 2. The van der Waals surface area contributed by atoms with Crippen molar-refractivity contribution in [3.8, 4) is 0 Å². The predicted molar refractivity (Wildman–Crippen MR) is 107 cm³/mol. The number of nitrogens with zero attached hydrogens (tertiary/aromatic N) is 1. The molecule has 3 rings (SSSR count). The molecule has 0 saturated heterocycles. The largest absolute Gasteiger partial charge is 0.380 e. The first-order valence-electron chi connectivity index (χ1n) is 9.50. The van der Waals surface area contributed by atoms with Crippen LogP contribution in [0.1, 0.15) is 36.5 Å². The Hall–Kier alpha value is -2.40. The van der Waals surface area contributed by atoms with Crippen molar-refractivity contribution >= 4 is 5.96 Å². The molecule has 0 spiro atoms. The zero-order valence-corrected chi connectivity index (χ0v) is 16.1. The van der Waals surface area contributed by atoms with Crippen molar-refractivity contribution in [3.63, 3.8) is 0 Å². The maximum Gasteiger partial charge on any atom is 0.191 e. The molecule has 0 radical (unpaired) electrons. The summed E-state index contributed by atoms with van der Waals surface area (Å²) < 4.78 is 18.7. The second kappa shape index (κ2) is 9.00. The number of ether oxygens (including phenoxy) is 1. The summed E-state index contributed by atoms with van der Waals surface area (Å²) in [5.41, 5.74) is 3.40. The van der Waals surface area contributed by atoms with Gasteiger partial charge in [0.2, 0.25) is 0 Å². The Kier molecular flexibility index (Phi) is 6.45. The van der Waals surface area contributed by atoms with Crippen LogP contribution in [0, 0.1) is 5.82 Å². The van der Waals surface area contributed by atoms with Crippen LogP contribution in [0.25, 0.3) is 0 Å². The first-order chi connectivity index (χ1) is 13.1. The van der Waals surface area contributed by atoms with Crippen LogP contribution >= 0.6 is 0 Å². The van der Waals surface area contributed by atoms with Crippen LogP contribution in [0.4, 0.5) is 4.39 Å². The molecule has 4 nitrogen and oxygen atoms in total. The lowest BCUT2D eigenvalue weighted by Gasteiger charge is -2.19. The monoisotopic (exact) mass is 369 g/mol. The lowest BCUT2D eigenvalue weighted by atomic mass is 9.96. The van der Waals surface area contributed by atoms with Gasteiger partial charge in [-0.3, -0.25) is 0 Å². The van der Waals surface area contributed by atoms with Gasteiger partial charge in [-0.25, -0.2) is 9.38 Å². The second-order valence-electron chi connectivity index (χ2n) is 7.09. The van der Waals surface area contributed by atoms with Crippen molar-refractivity contribution in [3.05, 3.63) is 71.0 Å². The molecule has 0 unspecified atom stereocenters. The minimum absolute atomic E-state index is 0.0279. The standard InChI is InChI=1S/C22H28FN3O/c1-3-24-21(25-14-17-7-9-18(10-8-17)15-27-2)26-16-22(11-12-22)19-5-4-6-20(23)13-19/h4-10,13H,3,11-12,14-16H2,1-2H3,(H2,24,25,26). The molecule has 144 valence electrons. The molecule has 0 amide bonds. The SMILES string of the molecule is CCNC(=NCc1ccc(COC)cc1)NCC1(c2cccc(F)c2)CC1. The smallest absolute Gasteiger partial charge is 0.191 e. The molecule has 1 saturated carbocycles. The van der Waals surface area contributed by atoms with Gasteiger partial charge in [-0.1, -0.05) is 36.4 Å². The number of halogens is 1. The molecule has 2 aromatic rings. The first kappa shape index (κ1) is 19.4. The topological polar surface area (TPSA) is 45.7 Å². The van der Waals surface area contributed by atoms with Gasteiger partial charge in [-0.15, -0.1) is 0 Å². The van der Waals surface area contributed by atoms with Gasteiger partial charge in [0, 0.05) is 25.6 Å². The molecule has 1 fully saturated rings. The summed E-state index contributed by atoms with van der Waals surface area (Å²) in [5.74, 6) is 0.623. The summed E-state index contributed by atoms with van der Waals surface area (Å²) in [4.78, 5) is 4.69. The molecule has 0 aliphatic heterocycles. The van der Waals surface area contributed by atoms with E-state index in [0.29, 0.717) is 13.2 Å². The van der Waals surface area contributed by atoms with Crippen molar-refractivity contribution in [2.75, 3.05) is 20.2 Å². The Bertz CT molecular complexity index is 769. The Morgan fingerprint density at radius 2 is 1.85 bits per heavy atom. The van der Waals surface area contributed by atoms with E-state index in [4.69, 9.17) is 9.73 Å². The van der Waals surface area contributed by atoms with Gasteiger partial charge in [0.1, 0.15) is 5.82 Å². The van der Waals surface area contributed by atoms with Crippen molar-refractivity contribution in [2.45, 2.75) is 38.3 Å². The van der Waals surface area contributed by atoms with E-state index in [2.05, 4.69) is 41.8 Å². The van der Waals surface area contributed by atoms with Crippen LogP contribution in [0.5, 0.6) is 0 Å². The van der Waals surface area contributed by atoms with Crippen molar-refractivity contribution in [1.29, 1.82) is 0 Å². The molecule has 0 atom stereocenters. The van der Waals surface area contributed by atoms with E-state index < -0.39 is 0 Å². The molecular weight excluding hydrogens is 341 g/mol. The van der Waals surface area contributed by atoms with Crippen LogP contribution in [0.15, 0.2) is 53.5 Å². The highest BCUT2D eigenvalue weighted by molar-refractivity contribution is 5.80. The number of hydrogen-bond acceptors (Lipinski definition) is 2. The van der Waals surface area contributed by atoms with Crippen LogP contribution in [-0.2, 0) is 23.3 Å². The quantitative estimate of drug-likeness (QED) is 0.550. The number of aliphatic imine (C=N–C) groups is 1. The summed E-state index contributed by atoms with van der Waals surface area (Å²) in [7, 11) is 1.70. The zero-order valence-electron chi connectivity index (χ0n) is 16.1. The molecule has 0 aromatic heterocycles. The highest BCUT2D eigenvalue weighted by Gasteiger charge is 2.44. The predicted octanol–water partition coefficient (Wildman–Crippen LogP) is 3.76. The van der Waals surface area contributed by atoms with Crippen LogP contribution in [0.3, 0.4) is 0 Å². The number of benzene rings is 2. The Balaban J connectivity index is 1.61. The van der Waals surface area contributed by atoms with Gasteiger partial charge < -0.3 is 15.4 Å². The normalized spacial score (nSPS) is 15.4. The number of nitrogens with one attached hydrogen (secondary N) is 2. The molecule has 0 bridgehead atoms. The van der Waals surface area contributed by atoms with Gasteiger partial charge in [0.15, 0.2) is 5.96 Å². The Labute approximate surface area is 160 Å². The third kappa shape index (κ3) is 5.30. The highest BCUT2D eigenvalue weighted by Crippen LogP contribution is 2.47. The van der Waals surface area contributed by atoms with Gasteiger partial charge in [-0.2, -0.15) is 0 Å². The molecular formula is C22H28FN3O. The van der Waals surface area contributed by atoms with E-state index in [0.717, 1.165) is 48.6 Å². The molecule has 1 aliphatic rings. The van der Waals surface area contributed by atoms with Crippen molar-refractivity contribution in [2.24, 2.45) is 4.99 Å². The lowest BCUT2D eigenvalue weighted by Crippen LogP contribution is -2.41. The van der Waals surface area contributed by atoms with Crippen molar-refractivity contribution in [1.82, 2.24) is 10.6 Å².